The minimum atomic E-state index is -0.247. The van der Waals surface area contributed by atoms with Crippen molar-refractivity contribution in [1.82, 2.24) is 16.2 Å². The van der Waals surface area contributed by atoms with Gasteiger partial charge >= 0.3 is 0 Å². The quantitative estimate of drug-likeness (QED) is 0.789. The van der Waals surface area contributed by atoms with Crippen molar-refractivity contribution in [3.63, 3.8) is 0 Å². The molecule has 2 aliphatic rings. The second-order valence-electron chi connectivity index (χ2n) is 5.67. The van der Waals surface area contributed by atoms with Gasteiger partial charge in [0.2, 0.25) is 5.91 Å². The minimum absolute atomic E-state index is 0.0231. The van der Waals surface area contributed by atoms with Gasteiger partial charge in [-0.1, -0.05) is 25.0 Å². The number of hydrogen-bond donors (Lipinski definition) is 3. The predicted molar refractivity (Wildman–Crippen MR) is 74.2 cm³/mol. The average Bonchev–Trinajstić information content (AvgIpc) is 3.09. The summed E-state index contributed by atoms with van der Waals surface area (Å²) in [4.78, 5) is 12.2. The predicted octanol–water partition coefficient (Wildman–Crippen LogP) is 1.79. The highest BCUT2D eigenvalue weighted by Gasteiger charge is 2.31. The third kappa shape index (κ3) is 2.99. The van der Waals surface area contributed by atoms with Crippen LogP contribution in [0.25, 0.3) is 0 Å². The summed E-state index contributed by atoms with van der Waals surface area (Å²) in [5.74, 6) is -0.202. The van der Waals surface area contributed by atoms with Crippen LogP contribution in [0, 0.1) is 5.82 Å². The molecule has 0 aromatic heterocycles. The first-order valence-electron chi connectivity index (χ1n) is 7.29. The molecule has 108 valence electrons. The minimum Gasteiger partial charge on any atom is -0.352 e. The van der Waals surface area contributed by atoms with Crippen LogP contribution in [-0.4, -0.2) is 18.0 Å². The van der Waals surface area contributed by atoms with Crippen molar-refractivity contribution in [1.29, 1.82) is 0 Å². The SMILES string of the molecule is O=C(NC1CCCC1)C1CC(c2cccc(F)c2)NN1. The fourth-order valence-corrected chi connectivity index (χ4v) is 3.04. The molecule has 1 amide bonds. The highest BCUT2D eigenvalue weighted by molar-refractivity contribution is 5.82. The Bertz CT molecular complexity index is 488. The molecule has 1 heterocycles. The summed E-state index contributed by atoms with van der Waals surface area (Å²) >= 11 is 0. The van der Waals surface area contributed by atoms with Crippen molar-refractivity contribution in [2.75, 3.05) is 0 Å². The topological polar surface area (TPSA) is 53.2 Å². The summed E-state index contributed by atoms with van der Waals surface area (Å²) in [5, 5.41) is 3.09. The Hall–Kier alpha value is -1.46. The molecule has 1 aromatic rings. The first-order valence-corrected chi connectivity index (χ1v) is 7.29. The molecular weight excluding hydrogens is 257 g/mol. The van der Waals surface area contributed by atoms with Crippen molar-refractivity contribution in [2.24, 2.45) is 0 Å². The van der Waals surface area contributed by atoms with E-state index in [1.807, 2.05) is 6.07 Å². The van der Waals surface area contributed by atoms with E-state index in [4.69, 9.17) is 0 Å². The van der Waals surface area contributed by atoms with Crippen LogP contribution in [0.1, 0.15) is 43.7 Å². The number of carbonyl (C=O) groups is 1. The third-order valence-corrected chi connectivity index (χ3v) is 4.17. The molecule has 2 fully saturated rings. The smallest absolute Gasteiger partial charge is 0.238 e. The van der Waals surface area contributed by atoms with Crippen molar-refractivity contribution in [2.45, 2.75) is 50.2 Å². The molecule has 2 atom stereocenters. The molecule has 4 nitrogen and oxygen atoms in total. The van der Waals surface area contributed by atoms with Crippen LogP contribution in [0.2, 0.25) is 0 Å². The Kier molecular flexibility index (Phi) is 3.98. The third-order valence-electron chi connectivity index (χ3n) is 4.17. The van der Waals surface area contributed by atoms with Gasteiger partial charge in [0.1, 0.15) is 11.9 Å². The summed E-state index contributed by atoms with van der Waals surface area (Å²) < 4.78 is 13.2. The van der Waals surface area contributed by atoms with Crippen molar-refractivity contribution in [3.05, 3.63) is 35.6 Å². The van der Waals surface area contributed by atoms with E-state index in [1.165, 1.54) is 25.0 Å². The lowest BCUT2D eigenvalue weighted by atomic mass is 10.0. The molecule has 1 aromatic carbocycles. The van der Waals surface area contributed by atoms with Gasteiger partial charge in [0, 0.05) is 12.1 Å². The lowest BCUT2D eigenvalue weighted by molar-refractivity contribution is -0.123. The van der Waals surface area contributed by atoms with Gasteiger partial charge in [0.05, 0.1) is 0 Å². The monoisotopic (exact) mass is 277 g/mol. The molecule has 1 aliphatic heterocycles. The average molecular weight is 277 g/mol. The van der Waals surface area contributed by atoms with E-state index in [9.17, 15) is 9.18 Å². The lowest BCUT2D eigenvalue weighted by Gasteiger charge is -2.15. The van der Waals surface area contributed by atoms with Gasteiger partial charge < -0.3 is 5.32 Å². The Morgan fingerprint density at radius 2 is 2.05 bits per heavy atom. The van der Waals surface area contributed by atoms with E-state index >= 15 is 0 Å². The van der Waals surface area contributed by atoms with Gasteiger partial charge in [0.25, 0.3) is 0 Å². The molecule has 5 heteroatoms. The van der Waals surface area contributed by atoms with Crippen LogP contribution < -0.4 is 16.2 Å². The zero-order chi connectivity index (χ0) is 13.9. The van der Waals surface area contributed by atoms with Gasteiger partial charge in [0.15, 0.2) is 0 Å². The van der Waals surface area contributed by atoms with E-state index in [1.54, 1.807) is 6.07 Å². The van der Waals surface area contributed by atoms with Gasteiger partial charge in [-0.25, -0.2) is 15.2 Å². The van der Waals surface area contributed by atoms with Crippen molar-refractivity contribution in [3.8, 4) is 0 Å². The van der Waals surface area contributed by atoms with E-state index < -0.39 is 0 Å². The number of benzene rings is 1. The first-order chi connectivity index (χ1) is 9.72. The fraction of sp³-hybridized carbons (Fsp3) is 0.533. The molecule has 0 bridgehead atoms. The molecule has 1 saturated carbocycles. The van der Waals surface area contributed by atoms with E-state index in [2.05, 4.69) is 16.2 Å². The second-order valence-corrected chi connectivity index (χ2v) is 5.67. The van der Waals surface area contributed by atoms with E-state index in [0.717, 1.165) is 18.4 Å². The number of nitrogens with one attached hydrogen (secondary N) is 3. The number of rotatable bonds is 3. The van der Waals surface area contributed by atoms with E-state index in [-0.39, 0.29) is 23.8 Å². The number of halogens is 1. The van der Waals surface area contributed by atoms with Crippen LogP contribution in [0.4, 0.5) is 4.39 Å². The molecule has 3 rings (SSSR count). The Morgan fingerprint density at radius 1 is 1.25 bits per heavy atom. The molecule has 0 spiro atoms. The summed E-state index contributed by atoms with van der Waals surface area (Å²) in [6.07, 6.45) is 5.21. The highest BCUT2D eigenvalue weighted by atomic mass is 19.1. The van der Waals surface area contributed by atoms with Crippen LogP contribution in [0.15, 0.2) is 24.3 Å². The number of hydrazine groups is 1. The summed E-state index contributed by atoms with van der Waals surface area (Å²) in [6, 6.07) is 6.57. The standard InChI is InChI=1S/C15H20FN3O/c16-11-5-3-4-10(8-11)13-9-14(19-18-13)15(20)17-12-6-1-2-7-12/h3-5,8,12-14,18-19H,1-2,6-7,9H2,(H,17,20). The Morgan fingerprint density at radius 3 is 2.80 bits per heavy atom. The largest absolute Gasteiger partial charge is 0.352 e. The van der Waals surface area contributed by atoms with Crippen LogP contribution >= 0.6 is 0 Å². The van der Waals surface area contributed by atoms with Crippen molar-refractivity contribution >= 4 is 5.91 Å². The zero-order valence-corrected chi connectivity index (χ0v) is 11.4. The molecule has 1 aliphatic carbocycles. The summed E-state index contributed by atoms with van der Waals surface area (Å²) in [5.41, 5.74) is 6.96. The first kappa shape index (κ1) is 13.5. The number of carbonyl (C=O) groups excluding carboxylic acids is 1. The molecule has 3 N–H and O–H groups in total. The molecule has 0 radical (unpaired) electrons. The fourth-order valence-electron chi connectivity index (χ4n) is 3.04. The lowest BCUT2D eigenvalue weighted by Crippen LogP contribution is -2.46. The normalized spacial score (nSPS) is 26.9. The molecule has 1 saturated heterocycles. The van der Waals surface area contributed by atoms with Crippen LogP contribution in [0.5, 0.6) is 0 Å². The van der Waals surface area contributed by atoms with Crippen molar-refractivity contribution < 1.29 is 9.18 Å². The molecular formula is C15H20FN3O. The number of amides is 1. The van der Waals surface area contributed by atoms with Gasteiger partial charge in [-0.2, -0.15) is 0 Å². The van der Waals surface area contributed by atoms with Gasteiger partial charge in [-0.3, -0.25) is 4.79 Å². The maximum absolute atomic E-state index is 13.2. The van der Waals surface area contributed by atoms with Crippen LogP contribution in [-0.2, 0) is 4.79 Å². The molecule has 20 heavy (non-hydrogen) atoms. The summed E-state index contributed by atoms with van der Waals surface area (Å²) in [6.45, 7) is 0. The Balaban J connectivity index is 1.57. The van der Waals surface area contributed by atoms with E-state index in [0.29, 0.717) is 12.5 Å². The Labute approximate surface area is 118 Å². The maximum atomic E-state index is 13.2. The van der Waals surface area contributed by atoms with Crippen LogP contribution in [0.3, 0.4) is 0 Å². The van der Waals surface area contributed by atoms with Gasteiger partial charge in [-0.15, -0.1) is 0 Å². The maximum Gasteiger partial charge on any atom is 0.238 e. The number of hydrogen-bond acceptors (Lipinski definition) is 3. The summed E-state index contributed by atoms with van der Waals surface area (Å²) in [7, 11) is 0. The van der Waals surface area contributed by atoms with Gasteiger partial charge in [-0.05, 0) is 37.0 Å². The second kappa shape index (κ2) is 5.89. The highest BCUT2D eigenvalue weighted by Crippen LogP contribution is 2.23. The zero-order valence-electron chi connectivity index (χ0n) is 11.4. The molecule has 2 unspecified atom stereocenters.